The number of carbonyl (C=O) groups is 1. The number of aldehydes is 1. The topological polar surface area (TPSA) is 51.5 Å². The maximum Gasteiger partial charge on any atom is 0.152 e. The van der Waals surface area contributed by atoms with Gasteiger partial charge in [-0.2, -0.15) is 0 Å². The summed E-state index contributed by atoms with van der Waals surface area (Å²) < 4.78 is 6.94. The number of benzene rings is 1. The van der Waals surface area contributed by atoms with Crippen LogP contribution < -0.4 is 4.74 Å². The van der Waals surface area contributed by atoms with E-state index in [1.807, 2.05) is 18.5 Å². The fourth-order valence-electron chi connectivity index (χ4n) is 1.93. The maximum absolute atomic E-state index is 11.0. The van der Waals surface area contributed by atoms with Crippen molar-refractivity contribution in [2.24, 2.45) is 7.05 Å². The van der Waals surface area contributed by atoms with Gasteiger partial charge in [-0.25, -0.2) is 0 Å². The summed E-state index contributed by atoms with van der Waals surface area (Å²) in [5, 5.41) is 10.5. The van der Waals surface area contributed by atoms with Crippen molar-refractivity contribution in [3.05, 3.63) is 23.4 Å². The van der Waals surface area contributed by atoms with Gasteiger partial charge >= 0.3 is 0 Å². The molecular formula is C12H13NO3. The molecule has 84 valence electrons. The molecule has 0 fully saturated rings. The maximum atomic E-state index is 11.0. The van der Waals surface area contributed by atoms with E-state index in [9.17, 15) is 9.90 Å². The first-order valence-corrected chi connectivity index (χ1v) is 4.91. The van der Waals surface area contributed by atoms with Crippen LogP contribution in [0.15, 0.2) is 12.1 Å². The second-order valence-electron chi connectivity index (χ2n) is 3.72. The fraction of sp³-hybridized carbons (Fsp3) is 0.250. The first-order valence-electron chi connectivity index (χ1n) is 4.91. The van der Waals surface area contributed by atoms with Gasteiger partial charge in [0.05, 0.1) is 18.0 Å². The van der Waals surface area contributed by atoms with Gasteiger partial charge in [0, 0.05) is 30.4 Å². The average Bonchev–Trinajstić information content (AvgIpc) is 2.53. The number of rotatable bonds is 2. The van der Waals surface area contributed by atoms with Crippen molar-refractivity contribution in [2.45, 2.75) is 6.92 Å². The average molecular weight is 219 g/mol. The van der Waals surface area contributed by atoms with Crippen molar-refractivity contribution in [2.75, 3.05) is 7.11 Å². The van der Waals surface area contributed by atoms with E-state index in [-0.39, 0.29) is 5.75 Å². The van der Waals surface area contributed by atoms with Gasteiger partial charge in [-0.1, -0.05) is 0 Å². The number of phenolic OH excluding ortho intramolecular Hbond substituents is 1. The molecule has 16 heavy (non-hydrogen) atoms. The zero-order valence-corrected chi connectivity index (χ0v) is 9.44. The van der Waals surface area contributed by atoms with Gasteiger partial charge in [-0.15, -0.1) is 0 Å². The lowest BCUT2D eigenvalue weighted by atomic mass is 10.1. The van der Waals surface area contributed by atoms with Crippen LogP contribution in [0.3, 0.4) is 0 Å². The standard InChI is InChI=1S/C12H13NO3/c1-7-9(6-14)12-10(13(7)2)4-8(16-3)5-11(12)15/h4-6,15H,1-3H3. The Morgan fingerprint density at radius 1 is 1.44 bits per heavy atom. The molecule has 0 radical (unpaired) electrons. The third kappa shape index (κ3) is 1.26. The number of aromatic nitrogens is 1. The van der Waals surface area contributed by atoms with Crippen LogP contribution in [0.2, 0.25) is 0 Å². The summed E-state index contributed by atoms with van der Waals surface area (Å²) in [4.78, 5) is 11.0. The molecule has 2 aromatic rings. The second-order valence-corrected chi connectivity index (χ2v) is 3.72. The molecule has 0 aliphatic rings. The zero-order chi connectivity index (χ0) is 11.9. The number of aromatic hydroxyl groups is 1. The Morgan fingerprint density at radius 3 is 2.69 bits per heavy atom. The Morgan fingerprint density at radius 2 is 2.12 bits per heavy atom. The van der Waals surface area contributed by atoms with Crippen LogP contribution in [-0.4, -0.2) is 23.1 Å². The van der Waals surface area contributed by atoms with E-state index in [0.29, 0.717) is 16.7 Å². The molecule has 4 heteroatoms. The summed E-state index contributed by atoms with van der Waals surface area (Å²) in [5.74, 6) is 0.642. The van der Waals surface area contributed by atoms with Crippen molar-refractivity contribution in [1.82, 2.24) is 4.57 Å². The van der Waals surface area contributed by atoms with Crippen molar-refractivity contribution < 1.29 is 14.6 Å². The molecule has 1 heterocycles. The lowest BCUT2D eigenvalue weighted by Crippen LogP contribution is -1.91. The van der Waals surface area contributed by atoms with Gasteiger partial charge in [0.2, 0.25) is 0 Å². The highest BCUT2D eigenvalue weighted by Crippen LogP contribution is 2.34. The summed E-state index contributed by atoms with van der Waals surface area (Å²) >= 11 is 0. The van der Waals surface area contributed by atoms with Crippen molar-refractivity contribution >= 4 is 17.2 Å². The lowest BCUT2D eigenvalue weighted by molar-refractivity contribution is 0.112. The number of fused-ring (bicyclic) bond motifs is 1. The SMILES string of the molecule is COc1cc(O)c2c(C=O)c(C)n(C)c2c1. The van der Waals surface area contributed by atoms with Gasteiger partial charge in [0.1, 0.15) is 11.5 Å². The van der Waals surface area contributed by atoms with Crippen LogP contribution in [0.1, 0.15) is 16.1 Å². The number of hydrogen-bond donors (Lipinski definition) is 1. The largest absolute Gasteiger partial charge is 0.507 e. The van der Waals surface area contributed by atoms with Gasteiger partial charge in [0.15, 0.2) is 6.29 Å². The Balaban J connectivity index is 2.94. The fourth-order valence-corrected chi connectivity index (χ4v) is 1.93. The molecule has 1 aromatic carbocycles. The predicted octanol–water partition coefficient (Wildman–Crippen LogP) is 2.01. The Hall–Kier alpha value is -1.97. The molecule has 0 bridgehead atoms. The number of aryl methyl sites for hydroxylation is 1. The first-order chi connectivity index (χ1) is 7.60. The Labute approximate surface area is 93.1 Å². The smallest absolute Gasteiger partial charge is 0.152 e. The summed E-state index contributed by atoms with van der Waals surface area (Å²) in [6.45, 7) is 1.84. The summed E-state index contributed by atoms with van der Waals surface area (Å²) in [7, 11) is 3.39. The summed E-state index contributed by atoms with van der Waals surface area (Å²) in [6, 6.07) is 3.31. The zero-order valence-electron chi connectivity index (χ0n) is 9.44. The highest BCUT2D eigenvalue weighted by molar-refractivity contribution is 6.03. The van der Waals surface area contributed by atoms with E-state index in [4.69, 9.17) is 4.74 Å². The molecule has 2 rings (SSSR count). The van der Waals surface area contributed by atoms with Gasteiger partial charge in [0.25, 0.3) is 0 Å². The molecule has 0 atom stereocenters. The molecule has 0 aliphatic carbocycles. The second kappa shape index (κ2) is 3.56. The number of ether oxygens (including phenoxy) is 1. The molecule has 0 spiro atoms. The molecule has 0 aliphatic heterocycles. The van der Waals surface area contributed by atoms with Gasteiger partial charge < -0.3 is 14.4 Å². The van der Waals surface area contributed by atoms with Gasteiger partial charge in [-0.05, 0) is 6.92 Å². The third-order valence-electron chi connectivity index (χ3n) is 2.95. The molecule has 4 nitrogen and oxygen atoms in total. The minimum absolute atomic E-state index is 0.0696. The van der Waals surface area contributed by atoms with E-state index in [1.165, 1.54) is 13.2 Å². The molecule has 1 N–H and O–H groups in total. The first kappa shape index (κ1) is 10.5. The van der Waals surface area contributed by atoms with E-state index in [2.05, 4.69) is 0 Å². The third-order valence-corrected chi connectivity index (χ3v) is 2.95. The summed E-state index contributed by atoms with van der Waals surface area (Å²) in [6.07, 6.45) is 0.768. The van der Waals surface area contributed by atoms with Crippen LogP contribution >= 0.6 is 0 Å². The normalized spacial score (nSPS) is 10.7. The molecule has 0 saturated heterocycles. The van der Waals surface area contributed by atoms with Crippen molar-refractivity contribution in [3.63, 3.8) is 0 Å². The van der Waals surface area contributed by atoms with Crippen LogP contribution in [0, 0.1) is 6.92 Å². The van der Waals surface area contributed by atoms with E-state index in [1.54, 1.807) is 6.07 Å². The van der Waals surface area contributed by atoms with Crippen molar-refractivity contribution in [1.29, 1.82) is 0 Å². The number of phenols is 1. The van der Waals surface area contributed by atoms with E-state index < -0.39 is 0 Å². The molecule has 0 amide bonds. The quantitative estimate of drug-likeness (QED) is 0.786. The highest BCUT2D eigenvalue weighted by Gasteiger charge is 2.15. The van der Waals surface area contributed by atoms with Crippen LogP contribution in [0.25, 0.3) is 10.9 Å². The predicted molar refractivity (Wildman–Crippen MR) is 61.3 cm³/mol. The van der Waals surface area contributed by atoms with Crippen LogP contribution in [0.4, 0.5) is 0 Å². The van der Waals surface area contributed by atoms with Gasteiger partial charge in [-0.3, -0.25) is 4.79 Å². The number of nitrogens with zero attached hydrogens (tertiary/aromatic N) is 1. The Bertz CT molecular complexity index is 569. The Kier molecular flexibility index (Phi) is 2.34. The van der Waals surface area contributed by atoms with Crippen molar-refractivity contribution in [3.8, 4) is 11.5 Å². The molecule has 0 unspecified atom stereocenters. The number of methoxy groups -OCH3 is 1. The highest BCUT2D eigenvalue weighted by atomic mass is 16.5. The van der Waals surface area contributed by atoms with Crippen LogP contribution in [0.5, 0.6) is 11.5 Å². The number of hydrogen-bond acceptors (Lipinski definition) is 3. The van der Waals surface area contributed by atoms with E-state index in [0.717, 1.165) is 17.5 Å². The number of carbonyl (C=O) groups excluding carboxylic acids is 1. The molecule has 0 saturated carbocycles. The summed E-state index contributed by atoms with van der Waals surface area (Å²) in [5.41, 5.74) is 2.14. The molecular weight excluding hydrogens is 206 g/mol. The minimum Gasteiger partial charge on any atom is -0.507 e. The van der Waals surface area contributed by atoms with Crippen LogP contribution in [-0.2, 0) is 7.05 Å². The monoisotopic (exact) mass is 219 g/mol. The van der Waals surface area contributed by atoms with E-state index >= 15 is 0 Å². The lowest BCUT2D eigenvalue weighted by Gasteiger charge is -2.03. The molecule has 1 aromatic heterocycles. The minimum atomic E-state index is 0.0696.